The van der Waals surface area contributed by atoms with Gasteiger partial charge in [-0.3, -0.25) is 4.99 Å². The van der Waals surface area contributed by atoms with E-state index in [1.165, 1.54) is 6.08 Å². The molecule has 0 aromatic heterocycles. The zero-order chi connectivity index (χ0) is 6.41. The predicted molar refractivity (Wildman–Crippen MR) is 33.5 cm³/mol. The van der Waals surface area contributed by atoms with Gasteiger partial charge in [0.25, 0.3) is 0 Å². The van der Waals surface area contributed by atoms with Gasteiger partial charge in [-0.05, 0) is 13.8 Å². The Morgan fingerprint density at radius 2 is 2.38 bits per heavy atom. The molecular weight excluding hydrogens is 100 g/mol. The van der Waals surface area contributed by atoms with Gasteiger partial charge in [0, 0.05) is 18.0 Å². The highest BCUT2D eigenvalue weighted by Gasteiger charge is 1.74. The molecule has 0 amide bonds. The van der Waals surface area contributed by atoms with Crippen molar-refractivity contribution < 1.29 is 0 Å². The van der Waals surface area contributed by atoms with Crippen LogP contribution in [-0.2, 0) is 0 Å². The highest BCUT2D eigenvalue weighted by atomic mass is 14.7. The molecule has 8 heavy (non-hydrogen) atoms. The van der Waals surface area contributed by atoms with Crippen molar-refractivity contribution in [3.05, 3.63) is 11.8 Å². The number of hydrogen-bond acceptors (Lipinski definition) is 2. The van der Waals surface area contributed by atoms with E-state index in [9.17, 15) is 0 Å². The highest BCUT2D eigenvalue weighted by molar-refractivity contribution is 5.55. The Labute approximate surface area is 49.2 Å². The number of hydrogen-bond donors (Lipinski definition) is 0. The second-order valence-electron chi connectivity index (χ2n) is 1.30. The molecule has 0 N–H and O–H groups in total. The molecule has 0 bridgehead atoms. The average Bonchev–Trinajstić information content (AvgIpc) is 1.68. The van der Waals surface area contributed by atoms with Gasteiger partial charge in [-0.1, -0.05) is 0 Å². The largest absolute Gasteiger partial charge is 0.266 e. The summed E-state index contributed by atoms with van der Waals surface area (Å²) in [6.07, 6.45) is 3.06. The number of aliphatic imine (C=N–C) groups is 1. The normalized spacial score (nSPS) is 11.9. The van der Waals surface area contributed by atoms with Crippen LogP contribution in [0.4, 0.5) is 0 Å². The summed E-state index contributed by atoms with van der Waals surface area (Å²) in [5.74, 6) is 0. The molecule has 0 aliphatic carbocycles. The van der Waals surface area contributed by atoms with Crippen LogP contribution in [0, 0.1) is 11.3 Å². The fraction of sp³-hybridized carbons (Fsp3) is 0.333. The van der Waals surface area contributed by atoms with Crippen LogP contribution in [0.1, 0.15) is 13.8 Å². The van der Waals surface area contributed by atoms with Gasteiger partial charge >= 0.3 is 0 Å². The first kappa shape index (κ1) is 6.90. The van der Waals surface area contributed by atoms with Crippen molar-refractivity contribution in [2.75, 3.05) is 0 Å². The molecule has 2 nitrogen and oxygen atoms in total. The summed E-state index contributed by atoms with van der Waals surface area (Å²) in [6, 6.07) is 1.88. The van der Waals surface area contributed by atoms with Crippen molar-refractivity contribution in [1.29, 1.82) is 5.26 Å². The Balaban J connectivity index is 3.85. The summed E-state index contributed by atoms with van der Waals surface area (Å²) in [5, 5.41) is 8.06. The van der Waals surface area contributed by atoms with Crippen LogP contribution in [0.5, 0.6) is 0 Å². The third kappa shape index (κ3) is 3.10. The van der Waals surface area contributed by atoms with Gasteiger partial charge in [-0.25, -0.2) is 0 Å². The van der Waals surface area contributed by atoms with Gasteiger partial charge in [-0.2, -0.15) is 5.26 Å². The Kier molecular flexibility index (Phi) is 3.51. The van der Waals surface area contributed by atoms with E-state index in [-0.39, 0.29) is 0 Å². The Bertz CT molecular complexity index is 148. The lowest BCUT2D eigenvalue weighted by Gasteiger charge is -1.80. The molecule has 0 saturated heterocycles. The van der Waals surface area contributed by atoms with Crippen LogP contribution in [-0.4, -0.2) is 6.21 Å². The molecule has 42 valence electrons. The van der Waals surface area contributed by atoms with Gasteiger partial charge < -0.3 is 0 Å². The summed E-state index contributed by atoms with van der Waals surface area (Å²) in [6.45, 7) is 3.60. The van der Waals surface area contributed by atoms with Crippen molar-refractivity contribution >= 4 is 6.21 Å². The van der Waals surface area contributed by atoms with Crippen LogP contribution in [0.2, 0.25) is 0 Å². The first-order valence-corrected chi connectivity index (χ1v) is 2.36. The smallest absolute Gasteiger partial charge is 0.0931 e. The molecule has 0 aromatic carbocycles. The number of nitrogens with zero attached hydrogens (tertiary/aromatic N) is 2. The fourth-order valence-electron chi connectivity index (χ4n) is 0.334. The molecule has 0 unspecified atom stereocenters. The van der Waals surface area contributed by atoms with Gasteiger partial charge in [0.05, 0.1) is 6.07 Å². The van der Waals surface area contributed by atoms with E-state index in [1.807, 2.05) is 13.0 Å². The molecule has 0 saturated carbocycles. The van der Waals surface area contributed by atoms with Crippen molar-refractivity contribution in [2.45, 2.75) is 13.8 Å². The summed E-state index contributed by atoms with van der Waals surface area (Å²) < 4.78 is 0. The molecule has 0 spiro atoms. The first-order chi connectivity index (χ1) is 3.81. The van der Waals surface area contributed by atoms with Crippen molar-refractivity contribution in [3.63, 3.8) is 0 Å². The van der Waals surface area contributed by atoms with E-state index >= 15 is 0 Å². The monoisotopic (exact) mass is 108 g/mol. The first-order valence-electron chi connectivity index (χ1n) is 2.36. The third-order valence-electron chi connectivity index (χ3n) is 0.606. The van der Waals surface area contributed by atoms with E-state index < -0.39 is 0 Å². The molecule has 0 rings (SSSR count). The van der Waals surface area contributed by atoms with Crippen LogP contribution in [0.3, 0.4) is 0 Å². The number of nitriles is 1. The van der Waals surface area contributed by atoms with Gasteiger partial charge in [0.2, 0.25) is 0 Å². The van der Waals surface area contributed by atoms with Crippen LogP contribution in [0.25, 0.3) is 0 Å². The minimum atomic E-state index is 0.745. The maximum atomic E-state index is 8.06. The second kappa shape index (κ2) is 4.07. The van der Waals surface area contributed by atoms with E-state index in [0.29, 0.717) is 0 Å². The minimum absolute atomic E-state index is 0.745. The maximum absolute atomic E-state index is 8.06. The quantitative estimate of drug-likeness (QED) is 0.370. The fourth-order valence-corrected chi connectivity index (χ4v) is 0.334. The maximum Gasteiger partial charge on any atom is 0.0931 e. The van der Waals surface area contributed by atoms with E-state index in [0.717, 1.165) is 5.70 Å². The van der Waals surface area contributed by atoms with E-state index in [2.05, 4.69) is 4.99 Å². The minimum Gasteiger partial charge on any atom is -0.266 e. The topological polar surface area (TPSA) is 36.1 Å². The van der Waals surface area contributed by atoms with E-state index in [1.54, 1.807) is 13.1 Å². The highest BCUT2D eigenvalue weighted by Crippen LogP contribution is 1.89. The molecular formula is C6H8N2. The van der Waals surface area contributed by atoms with E-state index in [4.69, 9.17) is 5.26 Å². The third-order valence-corrected chi connectivity index (χ3v) is 0.606. The molecule has 2 heteroatoms. The van der Waals surface area contributed by atoms with Gasteiger partial charge in [-0.15, -0.1) is 0 Å². The molecule has 0 aliphatic heterocycles. The van der Waals surface area contributed by atoms with Crippen LogP contribution in [0.15, 0.2) is 16.8 Å². The van der Waals surface area contributed by atoms with Crippen LogP contribution >= 0.6 is 0 Å². The van der Waals surface area contributed by atoms with Crippen molar-refractivity contribution in [2.24, 2.45) is 4.99 Å². The zero-order valence-electron chi connectivity index (χ0n) is 5.05. The van der Waals surface area contributed by atoms with Crippen molar-refractivity contribution in [3.8, 4) is 6.07 Å². The molecule has 0 heterocycles. The predicted octanol–water partition coefficient (Wildman–Crippen LogP) is 1.50. The Hall–Kier alpha value is -1.10. The summed E-state index contributed by atoms with van der Waals surface area (Å²) >= 11 is 0. The second-order valence-corrected chi connectivity index (χ2v) is 1.30. The Morgan fingerprint density at radius 1 is 1.75 bits per heavy atom. The molecule has 0 atom stereocenters. The summed E-state index contributed by atoms with van der Waals surface area (Å²) in [4.78, 5) is 3.83. The molecule has 0 aliphatic rings. The zero-order valence-corrected chi connectivity index (χ0v) is 5.05. The van der Waals surface area contributed by atoms with Crippen LogP contribution < -0.4 is 0 Å². The molecule has 0 aromatic rings. The number of rotatable bonds is 1. The van der Waals surface area contributed by atoms with Crippen molar-refractivity contribution in [1.82, 2.24) is 0 Å². The molecule has 0 fully saturated rings. The van der Waals surface area contributed by atoms with Gasteiger partial charge in [0.15, 0.2) is 0 Å². The van der Waals surface area contributed by atoms with Gasteiger partial charge in [0.1, 0.15) is 0 Å². The average molecular weight is 108 g/mol. The summed E-state index contributed by atoms with van der Waals surface area (Å²) in [7, 11) is 0. The lowest BCUT2D eigenvalue weighted by atomic mass is 10.5. The lowest BCUT2D eigenvalue weighted by Crippen LogP contribution is -1.66. The Morgan fingerprint density at radius 3 is 2.75 bits per heavy atom. The number of allylic oxidation sites excluding steroid dienone is 2. The molecule has 0 radical (unpaired) electrons. The lowest BCUT2D eigenvalue weighted by molar-refractivity contribution is 1.31. The summed E-state index contributed by atoms with van der Waals surface area (Å²) in [5.41, 5.74) is 0.745. The standard InChI is InChI=1S/C6H8N2/c1-3-8-6(2)4-5-7/h3-4H,1-2H3/b6-4-,8-3+. The SMILES string of the molecule is C/C=N/C(C)=C\C#N.